The van der Waals surface area contributed by atoms with Crippen molar-refractivity contribution in [3.63, 3.8) is 0 Å². The Morgan fingerprint density at radius 1 is 1.27 bits per heavy atom. The molecule has 0 spiro atoms. The first kappa shape index (κ1) is 14.6. The number of carbonyl (C=O) groups is 1. The number of benzene rings is 1. The van der Waals surface area contributed by atoms with E-state index in [9.17, 15) is 4.79 Å². The predicted molar refractivity (Wildman–Crippen MR) is 87.2 cm³/mol. The van der Waals surface area contributed by atoms with Gasteiger partial charge in [0.05, 0.1) is 23.3 Å². The van der Waals surface area contributed by atoms with Crippen molar-refractivity contribution in [1.29, 1.82) is 0 Å². The molecule has 1 amide bonds. The van der Waals surface area contributed by atoms with E-state index in [2.05, 4.69) is 24.3 Å². The highest BCUT2D eigenvalue weighted by Crippen LogP contribution is 2.23. The summed E-state index contributed by atoms with van der Waals surface area (Å²) in [6, 6.07) is 10.1. The van der Waals surface area contributed by atoms with Crippen molar-refractivity contribution in [3.8, 4) is 5.69 Å². The van der Waals surface area contributed by atoms with Gasteiger partial charge in [-0.25, -0.2) is 4.68 Å². The van der Waals surface area contributed by atoms with E-state index in [1.807, 2.05) is 46.8 Å². The van der Waals surface area contributed by atoms with Crippen LogP contribution in [-0.4, -0.2) is 39.2 Å². The fourth-order valence-corrected chi connectivity index (χ4v) is 2.92. The van der Waals surface area contributed by atoms with Gasteiger partial charge in [0.1, 0.15) is 6.04 Å². The molecule has 1 atom stereocenters. The number of hydrogen-bond donors (Lipinski definition) is 1. The van der Waals surface area contributed by atoms with E-state index in [1.54, 1.807) is 6.20 Å². The fraction of sp³-hybridized carbons (Fsp3) is 0.412. The Balaban J connectivity index is 1.78. The summed E-state index contributed by atoms with van der Waals surface area (Å²) in [5, 5.41) is 7.80. The zero-order valence-electron chi connectivity index (χ0n) is 13.3. The summed E-state index contributed by atoms with van der Waals surface area (Å²) >= 11 is 0. The number of carbonyl (C=O) groups excluding carboxylic acids is 1. The molecule has 1 aliphatic rings. The van der Waals surface area contributed by atoms with E-state index < -0.39 is 0 Å². The van der Waals surface area contributed by atoms with Crippen LogP contribution in [0.3, 0.4) is 0 Å². The second-order valence-corrected chi connectivity index (χ2v) is 6.00. The Labute approximate surface area is 130 Å². The van der Waals surface area contributed by atoms with E-state index in [0.29, 0.717) is 0 Å². The molecular formula is C17H22N4O. The molecule has 2 heterocycles. The van der Waals surface area contributed by atoms with E-state index >= 15 is 0 Å². The SMILES string of the molecule is Cc1c(N[C@@H]2CCN(C(C)C)C2=O)cnn1-c1ccccc1. The first-order valence-electron chi connectivity index (χ1n) is 7.75. The van der Waals surface area contributed by atoms with E-state index in [0.717, 1.165) is 30.0 Å². The summed E-state index contributed by atoms with van der Waals surface area (Å²) in [6.07, 6.45) is 2.64. The monoisotopic (exact) mass is 298 g/mol. The molecule has 0 radical (unpaired) electrons. The lowest BCUT2D eigenvalue weighted by atomic mass is 10.2. The molecule has 5 heteroatoms. The standard InChI is InChI=1S/C17H22N4O/c1-12(2)20-10-9-15(17(20)22)19-16-11-18-21(13(16)3)14-7-5-4-6-8-14/h4-8,11-12,15,19H,9-10H2,1-3H3/t15-/m1/s1. The van der Waals surface area contributed by atoms with E-state index in [4.69, 9.17) is 0 Å². The molecule has 2 aromatic rings. The molecule has 0 bridgehead atoms. The largest absolute Gasteiger partial charge is 0.371 e. The number of nitrogens with zero attached hydrogens (tertiary/aromatic N) is 3. The van der Waals surface area contributed by atoms with Crippen LogP contribution in [0.1, 0.15) is 26.0 Å². The molecule has 0 saturated carbocycles. The van der Waals surface area contributed by atoms with Crippen molar-refractivity contribution >= 4 is 11.6 Å². The molecule has 116 valence electrons. The van der Waals surface area contributed by atoms with Gasteiger partial charge in [0, 0.05) is 12.6 Å². The van der Waals surface area contributed by atoms with Crippen molar-refractivity contribution in [1.82, 2.24) is 14.7 Å². The number of rotatable bonds is 4. The molecule has 1 N–H and O–H groups in total. The third-order valence-electron chi connectivity index (χ3n) is 4.20. The van der Waals surface area contributed by atoms with Crippen LogP contribution in [0.5, 0.6) is 0 Å². The maximum Gasteiger partial charge on any atom is 0.245 e. The number of amides is 1. The normalized spacial score (nSPS) is 18.3. The smallest absolute Gasteiger partial charge is 0.245 e. The van der Waals surface area contributed by atoms with Crippen molar-refractivity contribution < 1.29 is 4.79 Å². The van der Waals surface area contributed by atoms with Crippen LogP contribution in [0.25, 0.3) is 5.69 Å². The van der Waals surface area contributed by atoms with Crippen LogP contribution in [0.2, 0.25) is 0 Å². The van der Waals surface area contributed by atoms with E-state index in [1.165, 1.54) is 0 Å². The second kappa shape index (κ2) is 5.83. The van der Waals surface area contributed by atoms with Gasteiger partial charge in [0.25, 0.3) is 0 Å². The van der Waals surface area contributed by atoms with Crippen molar-refractivity contribution in [2.24, 2.45) is 0 Å². The summed E-state index contributed by atoms with van der Waals surface area (Å²) in [7, 11) is 0. The van der Waals surface area contributed by atoms with Crippen molar-refractivity contribution in [2.45, 2.75) is 39.3 Å². The lowest BCUT2D eigenvalue weighted by molar-refractivity contribution is -0.129. The van der Waals surface area contributed by atoms with Gasteiger partial charge in [-0.05, 0) is 39.3 Å². The summed E-state index contributed by atoms with van der Waals surface area (Å²) in [4.78, 5) is 14.3. The van der Waals surface area contributed by atoms with Crippen LogP contribution in [0.15, 0.2) is 36.5 Å². The molecule has 1 fully saturated rings. The Morgan fingerprint density at radius 2 is 2.00 bits per heavy atom. The maximum absolute atomic E-state index is 12.4. The van der Waals surface area contributed by atoms with Gasteiger partial charge in [-0.2, -0.15) is 5.10 Å². The number of anilines is 1. The minimum absolute atomic E-state index is 0.144. The second-order valence-electron chi connectivity index (χ2n) is 6.00. The molecule has 3 rings (SSSR count). The maximum atomic E-state index is 12.4. The first-order chi connectivity index (χ1) is 10.6. The van der Waals surface area contributed by atoms with Gasteiger partial charge in [-0.1, -0.05) is 18.2 Å². The molecule has 1 aliphatic heterocycles. The van der Waals surface area contributed by atoms with Gasteiger partial charge in [-0.3, -0.25) is 4.79 Å². The molecule has 1 aromatic heterocycles. The van der Waals surface area contributed by atoms with Crippen LogP contribution >= 0.6 is 0 Å². The van der Waals surface area contributed by atoms with Crippen LogP contribution in [-0.2, 0) is 4.79 Å². The van der Waals surface area contributed by atoms with Crippen LogP contribution in [0.4, 0.5) is 5.69 Å². The quantitative estimate of drug-likeness (QED) is 0.944. The topological polar surface area (TPSA) is 50.2 Å². The lowest BCUT2D eigenvalue weighted by Crippen LogP contribution is -2.37. The van der Waals surface area contributed by atoms with Crippen LogP contribution in [0, 0.1) is 6.92 Å². The minimum atomic E-state index is -0.144. The highest BCUT2D eigenvalue weighted by molar-refractivity contribution is 5.87. The number of hydrogen-bond acceptors (Lipinski definition) is 3. The Morgan fingerprint density at radius 3 is 2.64 bits per heavy atom. The number of nitrogens with one attached hydrogen (secondary N) is 1. The zero-order chi connectivity index (χ0) is 15.7. The molecule has 22 heavy (non-hydrogen) atoms. The summed E-state index contributed by atoms with van der Waals surface area (Å²) in [6.45, 7) is 6.94. The Kier molecular flexibility index (Phi) is 3.88. The van der Waals surface area contributed by atoms with Crippen molar-refractivity contribution in [3.05, 3.63) is 42.2 Å². The van der Waals surface area contributed by atoms with Gasteiger partial charge in [-0.15, -0.1) is 0 Å². The molecule has 5 nitrogen and oxygen atoms in total. The number of likely N-dealkylation sites (tertiary alicyclic amines) is 1. The lowest BCUT2D eigenvalue weighted by Gasteiger charge is -2.21. The molecule has 1 saturated heterocycles. The van der Waals surface area contributed by atoms with Gasteiger partial charge in [0.2, 0.25) is 5.91 Å². The third kappa shape index (κ3) is 2.58. The van der Waals surface area contributed by atoms with Gasteiger partial charge >= 0.3 is 0 Å². The highest BCUT2D eigenvalue weighted by Gasteiger charge is 2.33. The third-order valence-corrected chi connectivity index (χ3v) is 4.20. The minimum Gasteiger partial charge on any atom is -0.371 e. The molecule has 0 aliphatic carbocycles. The predicted octanol–water partition coefficient (Wildman–Crippen LogP) is 2.60. The average molecular weight is 298 g/mol. The summed E-state index contributed by atoms with van der Waals surface area (Å²) in [5.74, 6) is 0.182. The highest BCUT2D eigenvalue weighted by atomic mass is 16.2. The van der Waals surface area contributed by atoms with Crippen LogP contribution < -0.4 is 5.32 Å². The average Bonchev–Trinajstić information content (AvgIpc) is 3.05. The van der Waals surface area contributed by atoms with Crippen molar-refractivity contribution in [2.75, 3.05) is 11.9 Å². The van der Waals surface area contributed by atoms with Gasteiger partial charge < -0.3 is 10.2 Å². The summed E-state index contributed by atoms with van der Waals surface area (Å²) in [5.41, 5.74) is 2.96. The molecular weight excluding hydrogens is 276 g/mol. The van der Waals surface area contributed by atoms with Gasteiger partial charge in [0.15, 0.2) is 0 Å². The number of aromatic nitrogens is 2. The van der Waals surface area contributed by atoms with E-state index in [-0.39, 0.29) is 18.0 Å². The Bertz CT molecular complexity index is 663. The zero-order valence-corrected chi connectivity index (χ0v) is 13.3. The first-order valence-corrected chi connectivity index (χ1v) is 7.75. The molecule has 0 unspecified atom stereocenters. The molecule has 1 aromatic carbocycles. The fourth-order valence-electron chi connectivity index (χ4n) is 2.92. The Hall–Kier alpha value is -2.30. The number of para-hydroxylation sites is 1. The summed E-state index contributed by atoms with van der Waals surface area (Å²) < 4.78 is 1.89.